The average Bonchev–Trinajstić information content (AvgIpc) is 2.80. The summed E-state index contributed by atoms with van der Waals surface area (Å²) in [5.41, 5.74) is 0. The third-order valence-corrected chi connectivity index (χ3v) is 3.51. The molecule has 0 aromatic heterocycles. The fourth-order valence-corrected chi connectivity index (χ4v) is 2.47. The maximum atomic E-state index is 12.4. The molecule has 0 radical (unpaired) electrons. The Hall–Kier alpha value is -1.00. The predicted octanol–water partition coefficient (Wildman–Crippen LogP) is 3.23. The minimum Gasteiger partial charge on any atom is -0.490 e. The molecule has 0 unspecified atom stereocenters. The summed E-state index contributed by atoms with van der Waals surface area (Å²) in [6.45, 7) is 0.513. The number of allylic oxidation sites excluding steroid dienone is 1. The Morgan fingerprint density at radius 1 is 1.24 bits per heavy atom. The minimum atomic E-state index is -4.11. The van der Waals surface area contributed by atoms with Gasteiger partial charge in [0, 0.05) is 12.3 Å². The third-order valence-electron chi connectivity index (χ3n) is 3.51. The van der Waals surface area contributed by atoms with E-state index in [1.54, 1.807) is 6.08 Å². The molecule has 0 bridgehead atoms. The first kappa shape index (κ1) is 12.5. The zero-order chi connectivity index (χ0) is 12.5. The van der Waals surface area contributed by atoms with E-state index in [-0.39, 0.29) is 24.5 Å². The highest BCUT2D eigenvalue weighted by atomic mass is 19.4. The molecular formula is C12H15F3O2. The molecule has 96 valence electrons. The van der Waals surface area contributed by atoms with Crippen LogP contribution < -0.4 is 0 Å². The minimum absolute atomic E-state index is 0.0627. The van der Waals surface area contributed by atoms with Crippen LogP contribution in [0.5, 0.6) is 0 Å². The monoisotopic (exact) mass is 248 g/mol. The summed E-state index contributed by atoms with van der Waals surface area (Å²) in [7, 11) is 0. The lowest BCUT2D eigenvalue weighted by Gasteiger charge is -2.29. The number of hydrogen-bond acceptors (Lipinski definition) is 2. The number of ketones is 1. The summed E-state index contributed by atoms with van der Waals surface area (Å²) < 4.78 is 42.5. The first-order valence-corrected chi connectivity index (χ1v) is 5.92. The van der Waals surface area contributed by atoms with Crippen LogP contribution in [0.1, 0.15) is 32.1 Å². The van der Waals surface area contributed by atoms with E-state index in [0.717, 1.165) is 6.42 Å². The molecule has 17 heavy (non-hydrogen) atoms. The number of alkyl halides is 3. The van der Waals surface area contributed by atoms with Crippen molar-refractivity contribution in [1.29, 1.82) is 0 Å². The standard InChI is InChI=1S/C12H15F3O2/c13-12(14,15)9-5-3-8(4-6-9)11(16)10-2-1-7-17-10/h2,8-9H,1,3-7H2. The SMILES string of the molecule is O=C(C1=CCCO1)C1CCC(C(F)(F)F)CC1. The predicted molar refractivity (Wildman–Crippen MR) is 55.2 cm³/mol. The lowest BCUT2D eigenvalue weighted by molar-refractivity contribution is -0.184. The fourth-order valence-electron chi connectivity index (χ4n) is 2.47. The number of carbonyl (C=O) groups excluding carboxylic acids is 1. The smallest absolute Gasteiger partial charge is 0.391 e. The molecule has 2 aliphatic rings. The van der Waals surface area contributed by atoms with Crippen LogP contribution in [0.25, 0.3) is 0 Å². The maximum absolute atomic E-state index is 12.4. The van der Waals surface area contributed by atoms with Crippen LogP contribution in [0.3, 0.4) is 0 Å². The zero-order valence-electron chi connectivity index (χ0n) is 9.43. The van der Waals surface area contributed by atoms with Crippen molar-refractivity contribution in [2.75, 3.05) is 6.61 Å². The molecule has 0 amide bonds. The highest BCUT2D eigenvalue weighted by molar-refractivity contribution is 5.95. The van der Waals surface area contributed by atoms with Crippen LogP contribution in [0.4, 0.5) is 13.2 Å². The largest absolute Gasteiger partial charge is 0.490 e. The van der Waals surface area contributed by atoms with Gasteiger partial charge < -0.3 is 4.74 Å². The lowest BCUT2D eigenvalue weighted by Crippen LogP contribution is -2.30. The maximum Gasteiger partial charge on any atom is 0.391 e. The van der Waals surface area contributed by atoms with E-state index >= 15 is 0 Å². The number of Topliss-reactive ketones (excluding diaryl/α,β-unsaturated/α-hetero) is 1. The summed E-state index contributed by atoms with van der Waals surface area (Å²) in [6.07, 6.45) is -0.887. The summed E-state index contributed by atoms with van der Waals surface area (Å²) in [5.74, 6) is -1.26. The molecule has 0 aromatic carbocycles. The summed E-state index contributed by atoms with van der Waals surface area (Å²) in [5, 5.41) is 0. The van der Waals surface area contributed by atoms with E-state index in [1.165, 1.54) is 0 Å². The molecule has 2 rings (SSSR count). The first-order valence-electron chi connectivity index (χ1n) is 5.92. The highest BCUT2D eigenvalue weighted by Gasteiger charge is 2.42. The van der Waals surface area contributed by atoms with Crippen LogP contribution in [-0.4, -0.2) is 18.6 Å². The molecule has 1 saturated carbocycles. The van der Waals surface area contributed by atoms with Crippen molar-refractivity contribution in [2.45, 2.75) is 38.3 Å². The van der Waals surface area contributed by atoms with Crippen LogP contribution in [0.15, 0.2) is 11.8 Å². The number of rotatable bonds is 2. The van der Waals surface area contributed by atoms with Crippen molar-refractivity contribution >= 4 is 5.78 Å². The number of hydrogen-bond donors (Lipinski definition) is 0. The van der Waals surface area contributed by atoms with Gasteiger partial charge >= 0.3 is 6.18 Å². The quantitative estimate of drug-likeness (QED) is 0.750. The molecular weight excluding hydrogens is 233 g/mol. The van der Waals surface area contributed by atoms with E-state index in [2.05, 4.69) is 0 Å². The topological polar surface area (TPSA) is 26.3 Å². The normalized spacial score (nSPS) is 29.7. The van der Waals surface area contributed by atoms with Gasteiger partial charge in [-0.2, -0.15) is 13.2 Å². The third kappa shape index (κ3) is 2.82. The van der Waals surface area contributed by atoms with Gasteiger partial charge in [0.2, 0.25) is 0 Å². The van der Waals surface area contributed by atoms with Gasteiger partial charge in [-0.1, -0.05) is 0 Å². The average molecular weight is 248 g/mol. The zero-order valence-corrected chi connectivity index (χ0v) is 9.43. The van der Waals surface area contributed by atoms with E-state index < -0.39 is 12.1 Å². The second kappa shape index (κ2) is 4.70. The van der Waals surface area contributed by atoms with Crippen molar-refractivity contribution in [1.82, 2.24) is 0 Å². The fraction of sp³-hybridized carbons (Fsp3) is 0.750. The number of carbonyl (C=O) groups is 1. The Kier molecular flexibility index (Phi) is 3.45. The molecule has 1 heterocycles. The number of halogens is 3. The molecule has 1 aliphatic heterocycles. The van der Waals surface area contributed by atoms with Gasteiger partial charge in [0.25, 0.3) is 0 Å². The molecule has 1 aliphatic carbocycles. The molecule has 0 atom stereocenters. The Morgan fingerprint density at radius 2 is 1.88 bits per heavy atom. The molecule has 0 N–H and O–H groups in total. The number of ether oxygens (including phenoxy) is 1. The van der Waals surface area contributed by atoms with Gasteiger partial charge in [0.05, 0.1) is 12.5 Å². The van der Waals surface area contributed by atoms with Crippen molar-refractivity contribution in [2.24, 2.45) is 11.8 Å². The van der Waals surface area contributed by atoms with Crippen LogP contribution in [-0.2, 0) is 9.53 Å². The van der Waals surface area contributed by atoms with E-state index in [1.807, 2.05) is 0 Å². The Morgan fingerprint density at radius 3 is 2.35 bits per heavy atom. The van der Waals surface area contributed by atoms with E-state index in [9.17, 15) is 18.0 Å². The van der Waals surface area contributed by atoms with Crippen LogP contribution in [0, 0.1) is 11.8 Å². The molecule has 5 heteroatoms. The van der Waals surface area contributed by atoms with E-state index in [4.69, 9.17) is 4.74 Å². The van der Waals surface area contributed by atoms with Gasteiger partial charge in [-0.25, -0.2) is 0 Å². The molecule has 1 fully saturated rings. The van der Waals surface area contributed by atoms with Crippen molar-refractivity contribution < 1.29 is 22.7 Å². The van der Waals surface area contributed by atoms with Crippen LogP contribution in [0.2, 0.25) is 0 Å². The van der Waals surface area contributed by atoms with Crippen molar-refractivity contribution in [3.63, 3.8) is 0 Å². The summed E-state index contributed by atoms with van der Waals surface area (Å²) >= 11 is 0. The Bertz CT molecular complexity index is 325. The second-order valence-corrected chi connectivity index (χ2v) is 4.66. The summed E-state index contributed by atoms with van der Waals surface area (Å²) in [6, 6.07) is 0. The van der Waals surface area contributed by atoms with Gasteiger partial charge in [-0.3, -0.25) is 4.79 Å². The molecule has 0 saturated heterocycles. The van der Waals surface area contributed by atoms with Gasteiger partial charge in [-0.15, -0.1) is 0 Å². The molecule has 2 nitrogen and oxygen atoms in total. The van der Waals surface area contributed by atoms with Crippen LogP contribution >= 0.6 is 0 Å². The van der Waals surface area contributed by atoms with E-state index in [0.29, 0.717) is 25.2 Å². The van der Waals surface area contributed by atoms with Crippen molar-refractivity contribution in [3.8, 4) is 0 Å². The van der Waals surface area contributed by atoms with Crippen molar-refractivity contribution in [3.05, 3.63) is 11.8 Å². The molecule has 0 spiro atoms. The second-order valence-electron chi connectivity index (χ2n) is 4.66. The Balaban J connectivity index is 1.89. The van der Waals surface area contributed by atoms with Gasteiger partial charge in [0.15, 0.2) is 11.5 Å². The van der Waals surface area contributed by atoms with Gasteiger partial charge in [0.1, 0.15) is 0 Å². The first-order chi connectivity index (χ1) is 7.98. The summed E-state index contributed by atoms with van der Waals surface area (Å²) in [4.78, 5) is 11.9. The van der Waals surface area contributed by atoms with Gasteiger partial charge in [-0.05, 0) is 31.8 Å². The lowest BCUT2D eigenvalue weighted by atomic mass is 9.79. The molecule has 0 aromatic rings. The Labute approximate surface area is 97.8 Å². The highest BCUT2D eigenvalue weighted by Crippen LogP contribution is 2.40.